The van der Waals surface area contributed by atoms with Crippen LogP contribution in [0.4, 0.5) is 4.79 Å². The summed E-state index contributed by atoms with van der Waals surface area (Å²) in [5.74, 6) is -1.64. The summed E-state index contributed by atoms with van der Waals surface area (Å²) in [6.45, 7) is 11.5. The number of esters is 1. The van der Waals surface area contributed by atoms with Crippen LogP contribution in [0.15, 0.2) is 29.2 Å². The monoisotopic (exact) mass is 493 g/mol. The number of sulfonamides is 1. The summed E-state index contributed by atoms with van der Waals surface area (Å²) in [6, 6.07) is 4.88. The van der Waals surface area contributed by atoms with E-state index in [4.69, 9.17) is 4.74 Å². The summed E-state index contributed by atoms with van der Waals surface area (Å²) >= 11 is 0. The van der Waals surface area contributed by atoms with Crippen LogP contribution in [0.3, 0.4) is 0 Å². The van der Waals surface area contributed by atoms with E-state index in [-0.39, 0.29) is 27.3 Å². The van der Waals surface area contributed by atoms with E-state index in [0.29, 0.717) is 6.54 Å². The minimum Gasteiger partial charge on any atom is -0.452 e. The van der Waals surface area contributed by atoms with Crippen LogP contribution in [0.5, 0.6) is 0 Å². The first kappa shape index (κ1) is 26.2. The molecule has 0 radical (unpaired) electrons. The maximum absolute atomic E-state index is 13.5. The average Bonchev–Trinajstić information content (AvgIpc) is 2.94. The van der Waals surface area contributed by atoms with E-state index in [1.807, 2.05) is 0 Å². The predicted molar refractivity (Wildman–Crippen MR) is 127 cm³/mol. The molecule has 1 saturated heterocycles. The first-order valence-electron chi connectivity index (χ1n) is 11.4. The number of amides is 3. The number of urea groups is 1. The Bertz CT molecular complexity index is 1090. The average molecular weight is 494 g/mol. The molecule has 3 rings (SSSR count). The molecule has 1 aromatic carbocycles. The Balaban J connectivity index is 1.67. The highest BCUT2D eigenvalue weighted by atomic mass is 32.2. The molecule has 10 heteroatoms. The molecule has 2 aliphatic rings. The zero-order valence-electron chi connectivity index (χ0n) is 20.7. The summed E-state index contributed by atoms with van der Waals surface area (Å²) in [5, 5.41) is 4.64. The van der Waals surface area contributed by atoms with Crippen LogP contribution in [0, 0.1) is 10.8 Å². The van der Waals surface area contributed by atoms with E-state index in [2.05, 4.69) is 31.4 Å². The lowest BCUT2D eigenvalue weighted by Crippen LogP contribution is -2.49. The summed E-state index contributed by atoms with van der Waals surface area (Å²) < 4.78 is 33.5. The van der Waals surface area contributed by atoms with Gasteiger partial charge in [-0.3, -0.25) is 10.1 Å². The normalized spacial score (nSPS) is 24.4. The molecule has 1 aliphatic heterocycles. The van der Waals surface area contributed by atoms with Crippen molar-refractivity contribution in [2.24, 2.45) is 10.8 Å². The first-order valence-corrected chi connectivity index (χ1v) is 12.8. The van der Waals surface area contributed by atoms with Crippen molar-refractivity contribution in [2.75, 3.05) is 13.2 Å². The molecule has 2 fully saturated rings. The van der Waals surface area contributed by atoms with Crippen molar-refractivity contribution in [3.05, 3.63) is 29.8 Å². The van der Waals surface area contributed by atoms with Gasteiger partial charge in [-0.25, -0.2) is 18.0 Å². The number of ether oxygens (including phenoxy) is 1. The standard InChI is InChI=1S/C24H35N3O6S/c1-22(2,3)26-21(30)25-19(28)13-33-20(29)16-8-7-9-18(10-16)34(31,32)27-15-24(6)12-17(27)11-23(4,5)14-24/h7-10,17H,11-15H2,1-6H3,(H2,25,26,28,30). The van der Waals surface area contributed by atoms with E-state index in [0.717, 1.165) is 19.3 Å². The predicted octanol–water partition coefficient (Wildman–Crippen LogP) is 3.06. The van der Waals surface area contributed by atoms with Gasteiger partial charge in [-0.05, 0) is 69.1 Å². The molecule has 188 valence electrons. The minimum atomic E-state index is -3.81. The van der Waals surface area contributed by atoms with Gasteiger partial charge in [0.05, 0.1) is 10.5 Å². The third-order valence-corrected chi connectivity index (χ3v) is 8.01. The van der Waals surface area contributed by atoms with Crippen LogP contribution in [0.25, 0.3) is 0 Å². The highest BCUT2D eigenvalue weighted by molar-refractivity contribution is 7.89. The highest BCUT2D eigenvalue weighted by Gasteiger charge is 2.53. The Kier molecular flexibility index (Phi) is 6.89. The van der Waals surface area contributed by atoms with Crippen molar-refractivity contribution >= 4 is 27.9 Å². The molecule has 3 amide bonds. The van der Waals surface area contributed by atoms with Gasteiger partial charge in [0, 0.05) is 18.1 Å². The molecule has 1 saturated carbocycles. The van der Waals surface area contributed by atoms with Crippen molar-refractivity contribution in [1.82, 2.24) is 14.9 Å². The minimum absolute atomic E-state index is 0.0155. The van der Waals surface area contributed by atoms with Gasteiger partial charge in [0.1, 0.15) is 0 Å². The topological polar surface area (TPSA) is 122 Å². The largest absolute Gasteiger partial charge is 0.452 e. The fraction of sp³-hybridized carbons (Fsp3) is 0.625. The molecule has 2 atom stereocenters. The molecular weight excluding hydrogens is 458 g/mol. The number of fused-ring (bicyclic) bond motifs is 2. The smallest absolute Gasteiger partial charge is 0.338 e. The Morgan fingerprint density at radius 1 is 1.15 bits per heavy atom. The third kappa shape index (κ3) is 6.15. The van der Waals surface area contributed by atoms with Gasteiger partial charge in [0.15, 0.2) is 6.61 Å². The van der Waals surface area contributed by atoms with Gasteiger partial charge in [-0.15, -0.1) is 0 Å². The van der Waals surface area contributed by atoms with E-state index < -0.39 is 40.1 Å². The van der Waals surface area contributed by atoms with E-state index in [1.165, 1.54) is 24.3 Å². The number of nitrogens with one attached hydrogen (secondary N) is 2. The second-order valence-electron chi connectivity index (χ2n) is 11.6. The number of benzene rings is 1. The second-order valence-corrected chi connectivity index (χ2v) is 13.5. The summed E-state index contributed by atoms with van der Waals surface area (Å²) in [5.41, 5.74) is -0.518. The maximum Gasteiger partial charge on any atom is 0.338 e. The van der Waals surface area contributed by atoms with Gasteiger partial charge >= 0.3 is 12.0 Å². The Labute approximate surface area is 201 Å². The molecule has 2 bridgehead atoms. The van der Waals surface area contributed by atoms with Crippen molar-refractivity contribution in [2.45, 2.75) is 77.3 Å². The fourth-order valence-electron chi connectivity index (χ4n) is 5.36. The summed E-state index contributed by atoms with van der Waals surface area (Å²) in [4.78, 5) is 36.2. The quantitative estimate of drug-likeness (QED) is 0.608. The highest BCUT2D eigenvalue weighted by Crippen LogP contribution is 2.53. The van der Waals surface area contributed by atoms with Crippen LogP contribution in [-0.4, -0.2) is 55.4 Å². The number of carbonyl (C=O) groups is 3. The fourth-order valence-corrected chi connectivity index (χ4v) is 7.18. The number of hydrogen-bond acceptors (Lipinski definition) is 6. The maximum atomic E-state index is 13.5. The number of nitrogens with zero attached hydrogens (tertiary/aromatic N) is 1. The third-order valence-electron chi connectivity index (χ3n) is 6.12. The Hall–Kier alpha value is -2.46. The number of hydrogen-bond donors (Lipinski definition) is 2. The Morgan fingerprint density at radius 2 is 1.82 bits per heavy atom. The molecule has 34 heavy (non-hydrogen) atoms. The zero-order valence-corrected chi connectivity index (χ0v) is 21.5. The van der Waals surface area contributed by atoms with Gasteiger partial charge in [-0.1, -0.05) is 26.8 Å². The van der Waals surface area contributed by atoms with E-state index >= 15 is 0 Å². The first-order chi connectivity index (χ1) is 15.5. The molecule has 0 aromatic heterocycles. The number of rotatable bonds is 5. The van der Waals surface area contributed by atoms with Crippen LogP contribution in [0.2, 0.25) is 0 Å². The SMILES string of the molecule is CC1(C)CC2CC(C)(CN2S(=O)(=O)c2cccc(C(=O)OCC(=O)NC(=O)NC(C)(C)C)c2)C1. The molecule has 1 heterocycles. The van der Waals surface area contributed by atoms with Crippen LogP contribution in [0.1, 0.15) is 71.2 Å². The van der Waals surface area contributed by atoms with Crippen LogP contribution in [-0.2, 0) is 19.6 Å². The molecule has 1 aliphatic carbocycles. The van der Waals surface area contributed by atoms with Crippen molar-refractivity contribution < 1.29 is 27.5 Å². The van der Waals surface area contributed by atoms with Crippen molar-refractivity contribution in [1.29, 1.82) is 0 Å². The lowest BCUT2D eigenvalue weighted by Gasteiger charge is -2.39. The van der Waals surface area contributed by atoms with Gasteiger partial charge in [0.25, 0.3) is 5.91 Å². The summed E-state index contributed by atoms with van der Waals surface area (Å²) in [6.07, 6.45) is 2.58. The second kappa shape index (κ2) is 8.96. The summed E-state index contributed by atoms with van der Waals surface area (Å²) in [7, 11) is -3.81. The molecule has 2 unspecified atom stereocenters. The van der Waals surface area contributed by atoms with Crippen molar-refractivity contribution in [3.63, 3.8) is 0 Å². The van der Waals surface area contributed by atoms with Crippen LogP contribution < -0.4 is 10.6 Å². The number of carbonyl (C=O) groups excluding carboxylic acids is 3. The molecular formula is C24H35N3O6S. The lowest BCUT2D eigenvalue weighted by molar-refractivity contribution is -0.123. The van der Waals surface area contributed by atoms with Gasteiger partial charge in [0.2, 0.25) is 10.0 Å². The molecule has 0 spiro atoms. The van der Waals surface area contributed by atoms with E-state index in [1.54, 1.807) is 25.1 Å². The van der Waals surface area contributed by atoms with Gasteiger partial charge in [-0.2, -0.15) is 4.31 Å². The number of imide groups is 1. The lowest BCUT2D eigenvalue weighted by atomic mass is 9.65. The van der Waals surface area contributed by atoms with Crippen LogP contribution >= 0.6 is 0 Å². The Morgan fingerprint density at radius 3 is 2.47 bits per heavy atom. The molecule has 9 nitrogen and oxygen atoms in total. The van der Waals surface area contributed by atoms with Gasteiger partial charge < -0.3 is 10.1 Å². The zero-order chi connectivity index (χ0) is 25.5. The van der Waals surface area contributed by atoms with E-state index in [9.17, 15) is 22.8 Å². The van der Waals surface area contributed by atoms with Crippen molar-refractivity contribution in [3.8, 4) is 0 Å². The molecule has 2 N–H and O–H groups in total. The molecule has 1 aromatic rings.